The fourth-order valence-corrected chi connectivity index (χ4v) is 6.44. The number of anilines is 1. The third kappa shape index (κ3) is 2.26. The highest BCUT2D eigenvalue weighted by Gasteiger charge is 2.64. The van der Waals surface area contributed by atoms with Crippen molar-refractivity contribution in [3.63, 3.8) is 0 Å². The average Bonchev–Trinajstić information content (AvgIpc) is 3.15. The minimum absolute atomic E-state index is 0.00405. The SMILES string of the molecule is N#Cc1ccc(N2C[C@H]3[C@H]([C@H]4O[C@H]3C[C@@H]4O)S2(=O)=O)cc1C(F)(F)F. The number of hydrogen-bond donors (Lipinski definition) is 1. The summed E-state index contributed by atoms with van der Waals surface area (Å²) in [6.45, 7) is 0.00405. The molecule has 0 aromatic heterocycles. The number of nitrogens with zero attached hydrogens (tertiary/aromatic N) is 2. The number of ether oxygens (including phenoxy) is 1. The molecule has 10 heteroatoms. The van der Waals surface area contributed by atoms with Crippen LogP contribution in [-0.4, -0.2) is 43.6 Å². The van der Waals surface area contributed by atoms with Crippen LogP contribution in [0.3, 0.4) is 0 Å². The summed E-state index contributed by atoms with van der Waals surface area (Å²) >= 11 is 0. The fraction of sp³-hybridized carbons (Fsp3) is 0.533. The molecule has 0 spiro atoms. The Bertz CT molecular complexity index is 880. The predicted octanol–water partition coefficient (Wildman–Crippen LogP) is 1.24. The molecule has 0 aliphatic carbocycles. The second kappa shape index (κ2) is 5.09. The number of nitriles is 1. The van der Waals surface area contributed by atoms with E-state index in [1.165, 1.54) is 12.1 Å². The second-order valence-electron chi connectivity index (χ2n) is 6.49. The Balaban J connectivity index is 1.76. The topological polar surface area (TPSA) is 90.6 Å². The molecule has 6 nitrogen and oxygen atoms in total. The quantitative estimate of drug-likeness (QED) is 0.799. The Morgan fingerprint density at radius 2 is 2.08 bits per heavy atom. The molecular formula is C15H13F3N2O4S. The van der Waals surface area contributed by atoms with Gasteiger partial charge in [0, 0.05) is 18.9 Å². The normalized spacial score (nSPS) is 35.6. The van der Waals surface area contributed by atoms with Crippen LogP contribution in [0, 0.1) is 17.2 Å². The fourth-order valence-electron chi connectivity index (χ4n) is 4.07. The summed E-state index contributed by atoms with van der Waals surface area (Å²) in [7, 11) is -3.97. The van der Waals surface area contributed by atoms with Gasteiger partial charge in [0.1, 0.15) is 11.4 Å². The highest BCUT2D eigenvalue weighted by atomic mass is 32.2. The van der Waals surface area contributed by atoms with Gasteiger partial charge in [-0.3, -0.25) is 4.31 Å². The van der Waals surface area contributed by atoms with Gasteiger partial charge in [0.15, 0.2) is 0 Å². The maximum Gasteiger partial charge on any atom is 0.417 e. The van der Waals surface area contributed by atoms with Crippen molar-refractivity contribution in [2.24, 2.45) is 5.92 Å². The van der Waals surface area contributed by atoms with Crippen LogP contribution in [0.1, 0.15) is 17.5 Å². The molecule has 3 heterocycles. The molecule has 3 fully saturated rings. The Morgan fingerprint density at radius 3 is 2.72 bits per heavy atom. The molecule has 1 N–H and O–H groups in total. The lowest BCUT2D eigenvalue weighted by atomic mass is 9.87. The van der Waals surface area contributed by atoms with Crippen molar-refractivity contribution in [3.05, 3.63) is 29.3 Å². The van der Waals surface area contributed by atoms with Crippen molar-refractivity contribution in [1.29, 1.82) is 5.26 Å². The lowest BCUT2D eigenvalue weighted by Gasteiger charge is -2.23. The summed E-state index contributed by atoms with van der Waals surface area (Å²) < 4.78 is 71.5. The number of aliphatic hydroxyl groups is 1. The monoisotopic (exact) mass is 374 g/mol. The smallest absolute Gasteiger partial charge is 0.390 e. The minimum Gasteiger partial charge on any atom is -0.390 e. The second-order valence-corrected chi connectivity index (χ2v) is 8.50. The Labute approximate surface area is 141 Å². The lowest BCUT2D eigenvalue weighted by Crippen LogP contribution is -2.42. The molecule has 3 aliphatic heterocycles. The van der Waals surface area contributed by atoms with Crippen LogP contribution in [0.4, 0.5) is 18.9 Å². The number of sulfonamides is 1. The van der Waals surface area contributed by atoms with Gasteiger partial charge in [-0.1, -0.05) is 0 Å². The van der Waals surface area contributed by atoms with Crippen LogP contribution in [0.5, 0.6) is 0 Å². The zero-order valence-corrected chi connectivity index (χ0v) is 13.5. The molecule has 0 unspecified atom stereocenters. The highest BCUT2D eigenvalue weighted by Crippen LogP contribution is 2.49. The standard InChI is InChI=1S/C15H13F3N2O4S/c16-15(17,18)10-3-8(2-1-7(10)5-19)20-6-9-12-4-11(21)13(24-12)14(9)25(20,22)23/h1-3,9,11-14,21H,4,6H2/t9-,11+,12+,13+,14-/m1/s1. The number of aliphatic hydroxyl groups excluding tert-OH is 1. The van der Waals surface area contributed by atoms with Crippen molar-refractivity contribution in [2.75, 3.05) is 10.8 Å². The first-order valence-electron chi connectivity index (χ1n) is 7.61. The van der Waals surface area contributed by atoms with Crippen LogP contribution < -0.4 is 4.31 Å². The van der Waals surface area contributed by atoms with Crippen LogP contribution >= 0.6 is 0 Å². The molecule has 4 rings (SSSR count). The van der Waals surface area contributed by atoms with Crippen molar-refractivity contribution >= 4 is 15.7 Å². The van der Waals surface area contributed by atoms with Gasteiger partial charge in [-0.2, -0.15) is 18.4 Å². The van der Waals surface area contributed by atoms with Crippen LogP contribution in [0.2, 0.25) is 0 Å². The van der Waals surface area contributed by atoms with Gasteiger partial charge >= 0.3 is 6.18 Å². The van der Waals surface area contributed by atoms with Gasteiger partial charge < -0.3 is 9.84 Å². The van der Waals surface area contributed by atoms with Gasteiger partial charge in [0.25, 0.3) is 0 Å². The first kappa shape index (κ1) is 16.6. The first-order chi connectivity index (χ1) is 11.6. The molecule has 1 aromatic carbocycles. The van der Waals surface area contributed by atoms with Crippen molar-refractivity contribution < 1.29 is 31.4 Å². The average molecular weight is 374 g/mol. The molecular weight excluding hydrogens is 361 g/mol. The van der Waals surface area contributed by atoms with E-state index in [-0.39, 0.29) is 18.2 Å². The largest absolute Gasteiger partial charge is 0.417 e. The molecule has 3 saturated heterocycles. The zero-order chi connectivity index (χ0) is 18.1. The van der Waals surface area contributed by atoms with E-state index in [0.29, 0.717) is 12.5 Å². The molecule has 2 bridgehead atoms. The number of alkyl halides is 3. The van der Waals surface area contributed by atoms with E-state index in [2.05, 4.69) is 0 Å². The van der Waals surface area contributed by atoms with Gasteiger partial charge in [-0.25, -0.2) is 8.42 Å². The number of hydrogen-bond acceptors (Lipinski definition) is 5. The molecule has 1 aromatic rings. The van der Waals surface area contributed by atoms with Gasteiger partial charge in [-0.15, -0.1) is 0 Å². The molecule has 5 atom stereocenters. The number of rotatable bonds is 1. The van der Waals surface area contributed by atoms with E-state index < -0.39 is 50.9 Å². The van der Waals surface area contributed by atoms with Crippen molar-refractivity contribution in [1.82, 2.24) is 0 Å². The maximum absolute atomic E-state index is 13.1. The van der Waals surface area contributed by atoms with Crippen LogP contribution in [-0.2, 0) is 20.9 Å². The van der Waals surface area contributed by atoms with E-state index in [1.54, 1.807) is 0 Å². The zero-order valence-electron chi connectivity index (χ0n) is 12.6. The third-order valence-corrected chi connectivity index (χ3v) is 7.43. The van der Waals surface area contributed by atoms with E-state index in [9.17, 15) is 26.7 Å². The lowest BCUT2D eigenvalue weighted by molar-refractivity contribution is -0.137. The number of halogens is 3. The van der Waals surface area contributed by atoms with Crippen molar-refractivity contribution in [3.8, 4) is 6.07 Å². The van der Waals surface area contributed by atoms with Gasteiger partial charge in [0.2, 0.25) is 10.0 Å². The van der Waals surface area contributed by atoms with Gasteiger partial charge in [0.05, 0.1) is 35.1 Å². The summed E-state index contributed by atoms with van der Waals surface area (Å²) in [4.78, 5) is 0. The van der Waals surface area contributed by atoms with E-state index in [1.807, 2.05) is 0 Å². The third-order valence-electron chi connectivity index (χ3n) is 5.15. The number of benzene rings is 1. The maximum atomic E-state index is 13.1. The summed E-state index contributed by atoms with van der Waals surface area (Å²) in [5.74, 6) is -0.386. The molecule has 134 valence electrons. The van der Waals surface area contributed by atoms with Crippen LogP contribution in [0.15, 0.2) is 18.2 Å². The van der Waals surface area contributed by atoms with Gasteiger partial charge in [-0.05, 0) is 18.2 Å². The molecule has 3 aliphatic rings. The summed E-state index contributed by atoms with van der Waals surface area (Å²) in [5.41, 5.74) is -1.86. The van der Waals surface area contributed by atoms with Crippen LogP contribution in [0.25, 0.3) is 0 Å². The molecule has 25 heavy (non-hydrogen) atoms. The minimum atomic E-state index is -4.77. The van der Waals surface area contributed by atoms with E-state index in [4.69, 9.17) is 10.00 Å². The molecule has 0 saturated carbocycles. The Hall–Kier alpha value is -1.83. The number of fused-ring (bicyclic) bond motifs is 5. The van der Waals surface area contributed by atoms with E-state index >= 15 is 0 Å². The molecule has 0 amide bonds. The Kier molecular flexibility index (Phi) is 3.39. The summed E-state index contributed by atoms with van der Waals surface area (Å²) in [6, 6.07) is 4.33. The van der Waals surface area contributed by atoms with E-state index in [0.717, 1.165) is 10.4 Å². The Morgan fingerprint density at radius 1 is 1.36 bits per heavy atom. The summed E-state index contributed by atoms with van der Waals surface area (Å²) in [5, 5.41) is 17.8. The summed E-state index contributed by atoms with van der Waals surface area (Å²) in [6.07, 6.45) is -6.57. The molecule has 0 radical (unpaired) electrons. The first-order valence-corrected chi connectivity index (χ1v) is 9.11. The highest BCUT2D eigenvalue weighted by molar-refractivity contribution is 7.93. The predicted molar refractivity (Wildman–Crippen MR) is 79.0 cm³/mol. The van der Waals surface area contributed by atoms with Crippen molar-refractivity contribution in [2.45, 2.75) is 36.2 Å².